The molecule has 0 radical (unpaired) electrons. The predicted octanol–water partition coefficient (Wildman–Crippen LogP) is 2.11. The van der Waals surface area contributed by atoms with Gasteiger partial charge in [0.05, 0.1) is 27.2 Å². The van der Waals surface area contributed by atoms with Crippen molar-refractivity contribution in [2.24, 2.45) is 5.41 Å². The fourth-order valence-electron chi connectivity index (χ4n) is 4.65. The van der Waals surface area contributed by atoms with Crippen LogP contribution < -0.4 is 4.74 Å². The summed E-state index contributed by atoms with van der Waals surface area (Å²) in [7, 11) is 2.87. The van der Waals surface area contributed by atoms with Crippen LogP contribution in [0.2, 0.25) is 0 Å². The standard InChI is InChI=1S/C21H27NO6/c1-4-28-19(24)12-21(20(25)27-3)17-9-8-15(11-18(21)23)22(17)13-14-6-5-7-16(10-14)26-2/h5-7,10,15,17H,4,8-9,11-13H2,1-3H3/t15-,17+,21+/m1/s1. The van der Waals surface area contributed by atoms with Gasteiger partial charge in [-0.15, -0.1) is 0 Å². The van der Waals surface area contributed by atoms with Crippen molar-refractivity contribution < 1.29 is 28.6 Å². The van der Waals surface area contributed by atoms with Gasteiger partial charge in [-0.25, -0.2) is 0 Å². The molecule has 3 atom stereocenters. The Bertz CT molecular complexity index is 763. The van der Waals surface area contributed by atoms with E-state index in [1.807, 2.05) is 24.3 Å². The Kier molecular flexibility index (Phi) is 6.03. The largest absolute Gasteiger partial charge is 0.497 e. The maximum Gasteiger partial charge on any atom is 0.321 e. The zero-order valence-corrected chi connectivity index (χ0v) is 16.6. The van der Waals surface area contributed by atoms with Crippen LogP contribution in [-0.2, 0) is 30.4 Å². The summed E-state index contributed by atoms with van der Waals surface area (Å²) in [4.78, 5) is 40.3. The van der Waals surface area contributed by atoms with Crippen LogP contribution in [-0.4, -0.2) is 55.5 Å². The average Bonchev–Trinajstić information content (AvgIpc) is 3.00. The van der Waals surface area contributed by atoms with Gasteiger partial charge in [-0.05, 0) is 37.5 Å². The van der Waals surface area contributed by atoms with Gasteiger partial charge in [0.2, 0.25) is 0 Å². The van der Waals surface area contributed by atoms with E-state index < -0.39 is 17.4 Å². The number of esters is 2. The molecule has 0 amide bonds. The van der Waals surface area contributed by atoms with E-state index >= 15 is 0 Å². The van der Waals surface area contributed by atoms with Crippen LogP contribution in [0.4, 0.5) is 0 Å². The van der Waals surface area contributed by atoms with Crippen molar-refractivity contribution in [3.63, 3.8) is 0 Å². The zero-order chi connectivity index (χ0) is 20.3. The fraction of sp³-hybridized carbons (Fsp3) is 0.571. The zero-order valence-electron chi connectivity index (χ0n) is 16.6. The smallest absolute Gasteiger partial charge is 0.321 e. The second-order valence-corrected chi connectivity index (χ2v) is 7.34. The van der Waals surface area contributed by atoms with Gasteiger partial charge in [-0.1, -0.05) is 12.1 Å². The highest BCUT2D eigenvalue weighted by molar-refractivity contribution is 6.08. The molecule has 2 heterocycles. The number of ketones is 1. The number of piperidine rings is 1. The molecule has 2 fully saturated rings. The van der Waals surface area contributed by atoms with Crippen molar-refractivity contribution in [2.45, 2.75) is 51.2 Å². The van der Waals surface area contributed by atoms with E-state index in [0.29, 0.717) is 13.0 Å². The Hall–Kier alpha value is -2.41. The first-order chi connectivity index (χ1) is 13.5. The summed E-state index contributed by atoms with van der Waals surface area (Å²) in [6, 6.07) is 7.39. The summed E-state index contributed by atoms with van der Waals surface area (Å²) in [5, 5.41) is 0. The number of Topliss-reactive ketones (excluding diaryl/α,β-unsaturated/α-hetero) is 1. The Morgan fingerprint density at radius 3 is 2.71 bits per heavy atom. The van der Waals surface area contributed by atoms with Crippen LogP contribution in [0.3, 0.4) is 0 Å². The highest BCUT2D eigenvalue weighted by Gasteiger charge is 2.62. The molecule has 2 aliphatic heterocycles. The molecule has 1 aromatic rings. The molecule has 7 nitrogen and oxygen atoms in total. The third-order valence-electron chi connectivity index (χ3n) is 5.91. The SMILES string of the molecule is CCOC(=O)C[C@@]1(C(=O)OC)C(=O)C[C@H]2CC[C@@H]1N2Cc1cccc(OC)c1. The van der Waals surface area contributed by atoms with E-state index in [1.54, 1.807) is 14.0 Å². The summed E-state index contributed by atoms with van der Waals surface area (Å²) in [6.07, 6.45) is 1.42. The van der Waals surface area contributed by atoms with Crippen molar-refractivity contribution in [3.8, 4) is 5.75 Å². The van der Waals surface area contributed by atoms with Gasteiger partial charge in [0.25, 0.3) is 0 Å². The lowest BCUT2D eigenvalue weighted by Crippen LogP contribution is -2.61. The molecule has 0 aliphatic carbocycles. The molecular formula is C21H27NO6. The minimum atomic E-state index is -1.51. The first-order valence-corrected chi connectivity index (χ1v) is 9.62. The lowest BCUT2D eigenvalue weighted by atomic mass is 9.70. The number of methoxy groups -OCH3 is 2. The number of hydrogen-bond donors (Lipinski definition) is 0. The molecule has 0 unspecified atom stereocenters. The topological polar surface area (TPSA) is 82.1 Å². The summed E-state index contributed by atoms with van der Waals surface area (Å²) >= 11 is 0. The van der Waals surface area contributed by atoms with Crippen LogP contribution in [0.25, 0.3) is 0 Å². The Morgan fingerprint density at radius 2 is 2.04 bits per heavy atom. The summed E-state index contributed by atoms with van der Waals surface area (Å²) < 4.78 is 15.4. The summed E-state index contributed by atoms with van der Waals surface area (Å²) in [6.45, 7) is 2.47. The summed E-state index contributed by atoms with van der Waals surface area (Å²) in [5.74, 6) is -0.662. The molecule has 0 spiro atoms. The third kappa shape index (κ3) is 3.51. The van der Waals surface area contributed by atoms with E-state index in [0.717, 1.165) is 17.7 Å². The van der Waals surface area contributed by atoms with Crippen molar-refractivity contribution in [1.82, 2.24) is 4.90 Å². The second kappa shape index (κ2) is 8.31. The average molecular weight is 389 g/mol. The minimum absolute atomic E-state index is 0.0590. The van der Waals surface area contributed by atoms with Gasteiger partial charge in [-0.2, -0.15) is 0 Å². The number of nitrogens with zero attached hydrogens (tertiary/aromatic N) is 1. The van der Waals surface area contributed by atoms with E-state index in [4.69, 9.17) is 14.2 Å². The molecule has 7 heteroatoms. The third-order valence-corrected chi connectivity index (χ3v) is 5.91. The molecule has 3 rings (SSSR count). The lowest BCUT2D eigenvalue weighted by molar-refractivity contribution is -0.173. The van der Waals surface area contributed by atoms with Crippen LogP contribution in [0.5, 0.6) is 5.75 Å². The van der Waals surface area contributed by atoms with Crippen molar-refractivity contribution in [1.29, 1.82) is 0 Å². The molecule has 2 saturated heterocycles. The number of carbonyl (C=O) groups is 3. The van der Waals surface area contributed by atoms with Gasteiger partial charge < -0.3 is 14.2 Å². The lowest BCUT2D eigenvalue weighted by Gasteiger charge is -2.45. The van der Waals surface area contributed by atoms with Gasteiger partial charge >= 0.3 is 11.9 Å². The first kappa shape index (κ1) is 20.3. The van der Waals surface area contributed by atoms with Gasteiger partial charge in [0, 0.05) is 25.0 Å². The Labute approximate surface area is 164 Å². The molecular weight excluding hydrogens is 362 g/mol. The number of benzene rings is 1. The maximum atomic E-state index is 13.1. The second-order valence-electron chi connectivity index (χ2n) is 7.34. The van der Waals surface area contributed by atoms with Crippen molar-refractivity contribution >= 4 is 17.7 Å². The molecule has 2 aliphatic rings. The first-order valence-electron chi connectivity index (χ1n) is 9.62. The summed E-state index contributed by atoms with van der Waals surface area (Å²) in [5.41, 5.74) is -0.479. The van der Waals surface area contributed by atoms with Crippen LogP contribution in [0.15, 0.2) is 24.3 Å². The number of carbonyl (C=O) groups excluding carboxylic acids is 3. The van der Waals surface area contributed by atoms with Gasteiger partial charge in [-0.3, -0.25) is 19.3 Å². The highest BCUT2D eigenvalue weighted by Crippen LogP contribution is 2.48. The minimum Gasteiger partial charge on any atom is -0.497 e. The maximum absolute atomic E-state index is 13.1. The fourth-order valence-corrected chi connectivity index (χ4v) is 4.65. The van der Waals surface area contributed by atoms with Crippen molar-refractivity contribution in [3.05, 3.63) is 29.8 Å². The number of ether oxygens (including phenoxy) is 3. The van der Waals surface area contributed by atoms with E-state index in [2.05, 4.69) is 4.90 Å². The molecule has 0 saturated carbocycles. The quantitative estimate of drug-likeness (QED) is 0.522. The van der Waals surface area contributed by atoms with Crippen LogP contribution >= 0.6 is 0 Å². The molecule has 2 bridgehead atoms. The molecule has 0 N–H and O–H groups in total. The molecule has 28 heavy (non-hydrogen) atoms. The van der Waals surface area contributed by atoms with Crippen molar-refractivity contribution in [2.75, 3.05) is 20.8 Å². The predicted molar refractivity (Wildman–Crippen MR) is 101 cm³/mol. The van der Waals surface area contributed by atoms with Crippen LogP contribution in [0, 0.1) is 5.41 Å². The van der Waals surface area contributed by atoms with E-state index in [1.165, 1.54) is 7.11 Å². The van der Waals surface area contributed by atoms with Crippen LogP contribution in [0.1, 0.15) is 38.2 Å². The normalized spacial score (nSPS) is 26.8. The number of fused-ring (bicyclic) bond motifs is 2. The Morgan fingerprint density at radius 1 is 1.25 bits per heavy atom. The molecule has 152 valence electrons. The van der Waals surface area contributed by atoms with E-state index in [9.17, 15) is 14.4 Å². The van der Waals surface area contributed by atoms with E-state index in [-0.39, 0.29) is 37.3 Å². The molecule has 0 aromatic heterocycles. The number of rotatable bonds is 7. The Balaban J connectivity index is 1.94. The van der Waals surface area contributed by atoms with Gasteiger partial charge in [0.1, 0.15) is 5.75 Å². The molecule has 1 aromatic carbocycles. The highest BCUT2D eigenvalue weighted by atomic mass is 16.5. The van der Waals surface area contributed by atoms with Gasteiger partial charge in [0.15, 0.2) is 11.2 Å². The number of hydrogen-bond acceptors (Lipinski definition) is 7. The monoisotopic (exact) mass is 389 g/mol.